The van der Waals surface area contributed by atoms with E-state index in [0.29, 0.717) is 6.54 Å². The van der Waals surface area contributed by atoms with Gasteiger partial charge in [0.1, 0.15) is 0 Å². The lowest BCUT2D eigenvalue weighted by atomic mass is 10.1. The fourth-order valence-corrected chi connectivity index (χ4v) is 1.82. The van der Waals surface area contributed by atoms with Crippen molar-refractivity contribution in [1.82, 2.24) is 10.6 Å². The zero-order valence-corrected chi connectivity index (χ0v) is 13.5. The number of hydrogen-bond donors (Lipinski definition) is 3. The summed E-state index contributed by atoms with van der Waals surface area (Å²) >= 11 is 0. The third-order valence-electron chi connectivity index (χ3n) is 3.22. The quantitative estimate of drug-likeness (QED) is 0.392. The topological polar surface area (TPSA) is 56.7 Å². The fraction of sp³-hybridized carbons (Fsp3) is 0.588. The predicted molar refractivity (Wildman–Crippen MR) is 89.5 cm³/mol. The third kappa shape index (κ3) is 8.35. The van der Waals surface area contributed by atoms with E-state index >= 15 is 0 Å². The van der Waals surface area contributed by atoms with E-state index in [-0.39, 0.29) is 6.10 Å². The summed E-state index contributed by atoms with van der Waals surface area (Å²) in [7, 11) is 0. The van der Waals surface area contributed by atoms with Gasteiger partial charge in [-0.25, -0.2) is 4.99 Å². The van der Waals surface area contributed by atoms with Crippen molar-refractivity contribution in [3.63, 3.8) is 0 Å². The van der Waals surface area contributed by atoms with Crippen molar-refractivity contribution < 1.29 is 5.11 Å². The number of rotatable bonds is 8. The summed E-state index contributed by atoms with van der Waals surface area (Å²) in [6, 6.07) is 8.43. The zero-order valence-electron chi connectivity index (χ0n) is 13.5. The van der Waals surface area contributed by atoms with Crippen molar-refractivity contribution in [3.8, 4) is 0 Å². The van der Waals surface area contributed by atoms with E-state index in [2.05, 4.69) is 53.7 Å². The molecule has 0 aliphatic heterocycles. The maximum Gasteiger partial charge on any atom is 0.191 e. The molecule has 0 aliphatic rings. The molecule has 0 amide bonds. The Hall–Kier alpha value is -1.55. The normalized spacial score (nSPS) is 13.0. The summed E-state index contributed by atoms with van der Waals surface area (Å²) in [4.78, 5) is 4.61. The van der Waals surface area contributed by atoms with Crippen molar-refractivity contribution in [2.75, 3.05) is 13.1 Å². The van der Waals surface area contributed by atoms with Crippen LogP contribution >= 0.6 is 0 Å². The highest BCUT2D eigenvalue weighted by Crippen LogP contribution is 2.04. The van der Waals surface area contributed by atoms with Crippen LogP contribution in [-0.2, 0) is 6.54 Å². The summed E-state index contributed by atoms with van der Waals surface area (Å²) < 4.78 is 0. The minimum absolute atomic E-state index is 0.286. The number of hydrogen-bond acceptors (Lipinski definition) is 2. The first-order valence-electron chi connectivity index (χ1n) is 7.87. The number of aryl methyl sites for hydroxylation is 1. The maximum absolute atomic E-state index is 9.31. The van der Waals surface area contributed by atoms with Crippen LogP contribution in [0.4, 0.5) is 0 Å². The van der Waals surface area contributed by atoms with Crippen LogP contribution in [0.15, 0.2) is 29.3 Å². The second-order valence-corrected chi connectivity index (χ2v) is 5.50. The molecule has 0 bridgehead atoms. The Bertz CT molecular complexity index is 413. The number of unbranched alkanes of at least 4 members (excludes halogenated alkanes) is 1. The predicted octanol–water partition coefficient (Wildman–Crippen LogP) is 2.60. The van der Waals surface area contributed by atoms with Gasteiger partial charge in [0, 0.05) is 13.1 Å². The van der Waals surface area contributed by atoms with Crippen LogP contribution < -0.4 is 10.6 Å². The Labute approximate surface area is 128 Å². The van der Waals surface area contributed by atoms with Gasteiger partial charge in [0.15, 0.2) is 5.96 Å². The molecule has 21 heavy (non-hydrogen) atoms. The molecule has 1 aromatic rings. The average Bonchev–Trinajstić information content (AvgIpc) is 2.45. The van der Waals surface area contributed by atoms with E-state index < -0.39 is 0 Å². The van der Waals surface area contributed by atoms with Crippen molar-refractivity contribution in [2.45, 2.75) is 52.7 Å². The lowest BCUT2D eigenvalue weighted by molar-refractivity contribution is 0.185. The molecule has 0 saturated heterocycles. The fourth-order valence-electron chi connectivity index (χ4n) is 1.82. The lowest BCUT2D eigenvalue weighted by Crippen LogP contribution is -2.39. The molecule has 1 aromatic carbocycles. The molecule has 0 heterocycles. The molecule has 0 radical (unpaired) electrons. The maximum atomic E-state index is 9.31. The molecule has 3 N–H and O–H groups in total. The third-order valence-corrected chi connectivity index (χ3v) is 3.22. The van der Waals surface area contributed by atoms with E-state index in [1.54, 1.807) is 6.92 Å². The van der Waals surface area contributed by atoms with Gasteiger partial charge in [-0.15, -0.1) is 0 Å². The SMILES string of the molecule is CCCCNC(=NCc1ccc(C)cc1)NCCC(C)O. The molecule has 0 aromatic heterocycles. The molecule has 1 rings (SSSR count). The minimum atomic E-state index is -0.286. The van der Waals surface area contributed by atoms with Gasteiger partial charge in [0.2, 0.25) is 0 Å². The number of nitrogens with zero attached hydrogens (tertiary/aromatic N) is 1. The highest BCUT2D eigenvalue weighted by atomic mass is 16.3. The Morgan fingerprint density at radius 3 is 2.48 bits per heavy atom. The van der Waals surface area contributed by atoms with Crippen LogP contribution in [0.25, 0.3) is 0 Å². The summed E-state index contributed by atoms with van der Waals surface area (Å²) in [6.07, 6.45) is 2.72. The van der Waals surface area contributed by atoms with Crippen molar-refractivity contribution in [1.29, 1.82) is 0 Å². The van der Waals surface area contributed by atoms with Crippen molar-refractivity contribution >= 4 is 5.96 Å². The molecular weight excluding hydrogens is 262 g/mol. The first-order chi connectivity index (χ1) is 10.1. The molecule has 118 valence electrons. The number of guanidine groups is 1. The van der Waals surface area contributed by atoms with Crippen LogP contribution in [0.2, 0.25) is 0 Å². The van der Waals surface area contributed by atoms with Gasteiger partial charge >= 0.3 is 0 Å². The van der Waals surface area contributed by atoms with Gasteiger partial charge in [0.25, 0.3) is 0 Å². The van der Waals surface area contributed by atoms with Crippen LogP contribution in [0, 0.1) is 6.92 Å². The molecule has 0 saturated carbocycles. The Morgan fingerprint density at radius 1 is 1.19 bits per heavy atom. The second kappa shape index (κ2) is 10.2. The van der Waals surface area contributed by atoms with Gasteiger partial charge in [0.05, 0.1) is 12.6 Å². The Balaban J connectivity index is 2.51. The standard InChI is InChI=1S/C17H29N3O/c1-4-5-11-18-17(19-12-10-15(3)21)20-13-16-8-6-14(2)7-9-16/h6-9,15,21H,4-5,10-13H2,1-3H3,(H2,18,19,20). The largest absolute Gasteiger partial charge is 0.393 e. The van der Waals surface area contributed by atoms with Crippen LogP contribution in [-0.4, -0.2) is 30.3 Å². The molecule has 0 aliphatic carbocycles. The summed E-state index contributed by atoms with van der Waals surface area (Å²) in [5.41, 5.74) is 2.46. The summed E-state index contributed by atoms with van der Waals surface area (Å²) in [6.45, 7) is 8.37. The van der Waals surface area contributed by atoms with E-state index in [1.165, 1.54) is 11.1 Å². The molecule has 1 unspecified atom stereocenters. The molecule has 4 heteroatoms. The Morgan fingerprint density at radius 2 is 1.86 bits per heavy atom. The smallest absolute Gasteiger partial charge is 0.191 e. The highest BCUT2D eigenvalue weighted by Gasteiger charge is 2.00. The molecule has 4 nitrogen and oxygen atoms in total. The number of nitrogens with one attached hydrogen (secondary N) is 2. The van der Waals surface area contributed by atoms with Crippen molar-refractivity contribution in [2.24, 2.45) is 4.99 Å². The van der Waals surface area contributed by atoms with Gasteiger partial charge in [-0.3, -0.25) is 0 Å². The summed E-state index contributed by atoms with van der Waals surface area (Å²) in [5.74, 6) is 0.824. The van der Waals surface area contributed by atoms with Crippen LogP contribution in [0.3, 0.4) is 0 Å². The molecular formula is C17H29N3O. The van der Waals surface area contributed by atoms with Gasteiger partial charge in [-0.1, -0.05) is 43.2 Å². The Kier molecular flexibility index (Phi) is 8.51. The number of benzene rings is 1. The molecule has 1 atom stereocenters. The number of aliphatic imine (C=N–C) groups is 1. The second-order valence-electron chi connectivity index (χ2n) is 5.50. The van der Waals surface area contributed by atoms with E-state index in [0.717, 1.165) is 38.3 Å². The van der Waals surface area contributed by atoms with E-state index in [9.17, 15) is 5.11 Å². The molecule has 0 spiro atoms. The first-order valence-corrected chi connectivity index (χ1v) is 7.87. The average molecular weight is 291 g/mol. The summed E-state index contributed by atoms with van der Waals surface area (Å²) in [5, 5.41) is 15.9. The lowest BCUT2D eigenvalue weighted by Gasteiger charge is -2.13. The number of aliphatic hydroxyl groups is 1. The zero-order chi connectivity index (χ0) is 15.5. The monoisotopic (exact) mass is 291 g/mol. The van der Waals surface area contributed by atoms with Crippen LogP contribution in [0.1, 0.15) is 44.2 Å². The number of aliphatic hydroxyl groups excluding tert-OH is 1. The molecule has 0 fully saturated rings. The van der Waals surface area contributed by atoms with Gasteiger partial charge in [-0.05, 0) is 32.3 Å². The van der Waals surface area contributed by atoms with Gasteiger partial charge < -0.3 is 15.7 Å². The minimum Gasteiger partial charge on any atom is -0.393 e. The van der Waals surface area contributed by atoms with Gasteiger partial charge in [-0.2, -0.15) is 0 Å². The van der Waals surface area contributed by atoms with E-state index in [1.807, 2.05) is 0 Å². The van der Waals surface area contributed by atoms with E-state index in [4.69, 9.17) is 0 Å². The highest BCUT2D eigenvalue weighted by molar-refractivity contribution is 5.79. The van der Waals surface area contributed by atoms with Crippen LogP contribution in [0.5, 0.6) is 0 Å². The first kappa shape index (κ1) is 17.5. The van der Waals surface area contributed by atoms with Crippen molar-refractivity contribution in [3.05, 3.63) is 35.4 Å².